The van der Waals surface area contributed by atoms with Gasteiger partial charge in [0.25, 0.3) is 0 Å². The van der Waals surface area contributed by atoms with Gasteiger partial charge in [-0.3, -0.25) is 4.79 Å². The first-order chi connectivity index (χ1) is 4.57. The topological polar surface area (TPSA) is 63.3 Å². The van der Waals surface area contributed by atoms with Gasteiger partial charge in [0.15, 0.2) is 0 Å². The Kier molecular flexibility index (Phi) is 3.72. The Morgan fingerprint density at radius 2 is 2.30 bits per heavy atom. The van der Waals surface area contributed by atoms with Crippen molar-refractivity contribution in [3.05, 3.63) is 11.6 Å². The third kappa shape index (κ3) is 3.25. The summed E-state index contributed by atoms with van der Waals surface area (Å²) < 4.78 is 0. The molecule has 0 aliphatic rings. The van der Waals surface area contributed by atoms with E-state index in [4.69, 9.17) is 10.8 Å². The number of aliphatic carboxylic acids is 1. The van der Waals surface area contributed by atoms with E-state index in [0.29, 0.717) is 6.42 Å². The quantitative estimate of drug-likeness (QED) is 0.573. The Morgan fingerprint density at radius 3 is 2.60 bits per heavy atom. The molecule has 0 aromatic carbocycles. The van der Waals surface area contributed by atoms with Gasteiger partial charge < -0.3 is 10.8 Å². The van der Waals surface area contributed by atoms with Gasteiger partial charge in [0.1, 0.15) is 6.04 Å². The van der Waals surface area contributed by atoms with Crippen molar-refractivity contribution in [3.8, 4) is 0 Å². The molecule has 0 heterocycles. The van der Waals surface area contributed by atoms with Gasteiger partial charge in [0, 0.05) is 0 Å². The predicted octanol–water partition coefficient (Wildman–Crippen LogP) is 0.755. The highest BCUT2D eigenvalue weighted by molar-refractivity contribution is 5.73. The molecule has 0 aliphatic heterocycles. The zero-order chi connectivity index (χ0) is 8.15. The van der Waals surface area contributed by atoms with Crippen LogP contribution < -0.4 is 5.73 Å². The van der Waals surface area contributed by atoms with Gasteiger partial charge >= 0.3 is 5.97 Å². The molecule has 0 saturated heterocycles. The number of carboxylic acid groups (broad SMARTS) is 1. The summed E-state index contributed by atoms with van der Waals surface area (Å²) in [5.74, 6) is -0.943. The lowest BCUT2D eigenvalue weighted by Crippen LogP contribution is -2.30. The number of nitrogens with two attached hydrogens (primary N) is 1. The number of hydrogen-bond donors (Lipinski definition) is 2. The molecule has 0 spiro atoms. The zero-order valence-corrected chi connectivity index (χ0v) is 6.29. The van der Waals surface area contributed by atoms with Gasteiger partial charge in [0.2, 0.25) is 0 Å². The van der Waals surface area contributed by atoms with Crippen LogP contribution in [-0.2, 0) is 4.79 Å². The highest BCUT2D eigenvalue weighted by atomic mass is 16.4. The van der Waals surface area contributed by atoms with Crippen LogP contribution in [0.5, 0.6) is 0 Å². The Bertz CT molecular complexity index is 152. The molecule has 3 heteroatoms. The molecular formula is C7H13NO2. The minimum absolute atomic E-state index is 0.436. The minimum atomic E-state index is -0.943. The van der Waals surface area contributed by atoms with Gasteiger partial charge in [-0.1, -0.05) is 11.6 Å². The Balaban J connectivity index is 3.80. The van der Waals surface area contributed by atoms with Crippen molar-refractivity contribution < 1.29 is 9.90 Å². The largest absolute Gasteiger partial charge is 0.480 e. The summed E-state index contributed by atoms with van der Waals surface area (Å²) in [6.45, 7) is 3.73. The van der Waals surface area contributed by atoms with Crippen molar-refractivity contribution in [2.24, 2.45) is 5.73 Å². The van der Waals surface area contributed by atoms with Crippen molar-refractivity contribution in [2.45, 2.75) is 26.3 Å². The summed E-state index contributed by atoms with van der Waals surface area (Å²) in [6, 6.07) is -0.754. The van der Waals surface area contributed by atoms with E-state index < -0.39 is 12.0 Å². The third-order valence-electron chi connectivity index (χ3n) is 1.35. The van der Waals surface area contributed by atoms with E-state index in [0.717, 1.165) is 5.57 Å². The van der Waals surface area contributed by atoms with Crippen LogP contribution in [0.1, 0.15) is 20.3 Å². The third-order valence-corrected chi connectivity index (χ3v) is 1.35. The smallest absolute Gasteiger partial charge is 0.320 e. The average Bonchev–Trinajstić information content (AvgIpc) is 1.87. The monoisotopic (exact) mass is 143 g/mol. The molecule has 0 bridgehead atoms. The molecule has 0 amide bonds. The molecule has 0 saturated carbocycles. The second-order valence-corrected chi connectivity index (χ2v) is 2.28. The van der Waals surface area contributed by atoms with E-state index in [2.05, 4.69) is 0 Å². The lowest BCUT2D eigenvalue weighted by atomic mass is 10.1. The number of hydrogen-bond acceptors (Lipinski definition) is 2. The van der Waals surface area contributed by atoms with Crippen molar-refractivity contribution in [1.29, 1.82) is 0 Å². The molecule has 10 heavy (non-hydrogen) atoms. The molecule has 0 radical (unpaired) electrons. The molecule has 0 unspecified atom stereocenters. The normalized spacial score (nSPS) is 14.9. The van der Waals surface area contributed by atoms with Crippen LogP contribution in [0, 0.1) is 0 Å². The van der Waals surface area contributed by atoms with Crippen LogP contribution in [0.2, 0.25) is 0 Å². The van der Waals surface area contributed by atoms with Crippen LogP contribution in [-0.4, -0.2) is 17.1 Å². The SMILES string of the molecule is C/C=C(\C)C[C@H](N)C(=O)O. The van der Waals surface area contributed by atoms with Gasteiger partial charge in [-0.15, -0.1) is 0 Å². The maximum absolute atomic E-state index is 10.2. The van der Waals surface area contributed by atoms with E-state index in [1.54, 1.807) is 0 Å². The summed E-state index contributed by atoms with van der Waals surface area (Å²) in [7, 11) is 0. The summed E-state index contributed by atoms with van der Waals surface area (Å²) in [4.78, 5) is 10.2. The Labute approximate surface area is 60.5 Å². The first-order valence-corrected chi connectivity index (χ1v) is 3.18. The fourth-order valence-electron chi connectivity index (χ4n) is 0.552. The zero-order valence-electron chi connectivity index (χ0n) is 6.29. The maximum Gasteiger partial charge on any atom is 0.320 e. The van der Waals surface area contributed by atoms with Crippen LogP contribution >= 0.6 is 0 Å². The number of carbonyl (C=O) groups is 1. The molecule has 1 atom stereocenters. The van der Waals surface area contributed by atoms with Gasteiger partial charge in [-0.25, -0.2) is 0 Å². The molecule has 0 rings (SSSR count). The van der Waals surface area contributed by atoms with E-state index in [-0.39, 0.29) is 0 Å². The van der Waals surface area contributed by atoms with Crippen molar-refractivity contribution in [3.63, 3.8) is 0 Å². The molecule has 0 fully saturated rings. The van der Waals surface area contributed by atoms with Gasteiger partial charge in [-0.2, -0.15) is 0 Å². The second-order valence-electron chi connectivity index (χ2n) is 2.28. The number of carboxylic acids is 1. The summed E-state index contributed by atoms with van der Waals surface area (Å²) in [6.07, 6.45) is 2.30. The second kappa shape index (κ2) is 4.06. The standard InChI is InChI=1S/C7H13NO2/c1-3-5(2)4-6(8)7(9)10/h3,6H,4,8H2,1-2H3,(H,9,10)/b5-3+/t6-/m0/s1. The fraction of sp³-hybridized carbons (Fsp3) is 0.571. The first-order valence-electron chi connectivity index (χ1n) is 3.18. The first kappa shape index (κ1) is 9.17. The molecule has 0 aliphatic carbocycles. The summed E-state index contributed by atoms with van der Waals surface area (Å²) >= 11 is 0. The van der Waals surface area contributed by atoms with E-state index in [1.165, 1.54) is 0 Å². The molecular weight excluding hydrogens is 130 g/mol. The number of allylic oxidation sites excluding steroid dienone is 1. The van der Waals surface area contributed by atoms with Gasteiger partial charge in [-0.05, 0) is 20.3 Å². The van der Waals surface area contributed by atoms with Crippen LogP contribution in [0.15, 0.2) is 11.6 Å². The fourth-order valence-corrected chi connectivity index (χ4v) is 0.552. The lowest BCUT2D eigenvalue weighted by Gasteiger charge is -2.04. The number of rotatable bonds is 3. The highest BCUT2D eigenvalue weighted by Crippen LogP contribution is 2.01. The lowest BCUT2D eigenvalue weighted by molar-refractivity contribution is -0.138. The summed E-state index contributed by atoms with van der Waals surface area (Å²) in [5, 5.41) is 8.37. The van der Waals surface area contributed by atoms with Crippen molar-refractivity contribution in [2.75, 3.05) is 0 Å². The Hall–Kier alpha value is -0.830. The molecule has 0 aromatic rings. The van der Waals surface area contributed by atoms with E-state index in [9.17, 15) is 4.79 Å². The Morgan fingerprint density at radius 1 is 1.80 bits per heavy atom. The van der Waals surface area contributed by atoms with E-state index in [1.807, 2.05) is 19.9 Å². The highest BCUT2D eigenvalue weighted by Gasteiger charge is 2.10. The van der Waals surface area contributed by atoms with Crippen molar-refractivity contribution >= 4 is 5.97 Å². The molecule has 3 N–H and O–H groups in total. The van der Waals surface area contributed by atoms with Crippen LogP contribution in [0.3, 0.4) is 0 Å². The van der Waals surface area contributed by atoms with E-state index >= 15 is 0 Å². The van der Waals surface area contributed by atoms with Gasteiger partial charge in [0.05, 0.1) is 0 Å². The van der Waals surface area contributed by atoms with Crippen LogP contribution in [0.25, 0.3) is 0 Å². The van der Waals surface area contributed by atoms with Crippen LogP contribution in [0.4, 0.5) is 0 Å². The molecule has 0 aromatic heterocycles. The minimum Gasteiger partial charge on any atom is -0.480 e. The summed E-state index contributed by atoms with van der Waals surface area (Å²) in [5.41, 5.74) is 6.26. The van der Waals surface area contributed by atoms with Crippen molar-refractivity contribution in [1.82, 2.24) is 0 Å². The average molecular weight is 143 g/mol. The molecule has 58 valence electrons. The maximum atomic E-state index is 10.2. The predicted molar refractivity (Wildman–Crippen MR) is 39.7 cm³/mol. The molecule has 3 nitrogen and oxygen atoms in total.